The second kappa shape index (κ2) is 6.25. The van der Waals surface area contributed by atoms with Crippen molar-refractivity contribution < 1.29 is 8.42 Å². The number of hydrogen-bond donors (Lipinski definition) is 4. The number of nitrogens with zero attached hydrogens (tertiary/aromatic N) is 1. The Morgan fingerprint density at radius 2 is 1.76 bits per heavy atom. The second-order valence-corrected chi connectivity index (χ2v) is 5.95. The van der Waals surface area contributed by atoms with Crippen LogP contribution in [0.4, 0.5) is 23.0 Å². The van der Waals surface area contributed by atoms with Gasteiger partial charge in [-0.25, -0.2) is 13.4 Å². The van der Waals surface area contributed by atoms with Gasteiger partial charge in [0.15, 0.2) is 0 Å². The normalized spacial score (nSPS) is 11.0. The van der Waals surface area contributed by atoms with E-state index in [1.54, 1.807) is 18.2 Å². The molecule has 0 aliphatic rings. The first-order valence-electron chi connectivity index (χ1n) is 5.59. The van der Waals surface area contributed by atoms with E-state index in [-0.39, 0.29) is 22.2 Å². The molecule has 5 N–H and O–H groups in total. The molecule has 0 radical (unpaired) electrons. The molecule has 0 aliphatic heterocycles. The van der Waals surface area contributed by atoms with Crippen molar-refractivity contribution >= 4 is 56.6 Å². The van der Waals surface area contributed by atoms with Crippen molar-refractivity contribution in [3.8, 4) is 0 Å². The molecular weight excluding hydrogens is 337 g/mol. The van der Waals surface area contributed by atoms with Gasteiger partial charge in [0.05, 0.1) is 11.4 Å². The van der Waals surface area contributed by atoms with Gasteiger partial charge in [0.1, 0.15) is 16.5 Å². The lowest BCUT2D eigenvalue weighted by Crippen LogP contribution is -2.15. The Morgan fingerprint density at radius 3 is 2.38 bits per heavy atom. The number of nitrogens with two attached hydrogens (primary N) is 1. The third kappa shape index (κ3) is 3.41. The van der Waals surface area contributed by atoms with Crippen LogP contribution in [0.2, 0.25) is 0 Å². The predicted molar refractivity (Wildman–Crippen MR) is 84.9 cm³/mol. The Labute approximate surface area is 131 Å². The SMILES string of the molecule is Nc1cccc(NS(=O)(=O)c2cccc(NCl)c2NCl)n1. The summed E-state index contributed by atoms with van der Waals surface area (Å²) in [5.74, 6) is 0.293. The van der Waals surface area contributed by atoms with Gasteiger partial charge in [-0.05, 0) is 24.3 Å². The fraction of sp³-hybridized carbons (Fsp3) is 0. The number of nitrogens with one attached hydrogen (secondary N) is 3. The molecule has 10 heteroatoms. The summed E-state index contributed by atoms with van der Waals surface area (Å²) in [6.45, 7) is 0. The first-order chi connectivity index (χ1) is 9.97. The molecule has 2 rings (SSSR count). The number of halogens is 2. The number of aromatic nitrogens is 1. The highest BCUT2D eigenvalue weighted by atomic mass is 35.5. The number of nitrogen functional groups attached to an aromatic ring is 1. The predicted octanol–water partition coefficient (Wildman–Crippen LogP) is 2.60. The summed E-state index contributed by atoms with van der Waals surface area (Å²) < 4.78 is 27.1. The van der Waals surface area contributed by atoms with Gasteiger partial charge in [-0.2, -0.15) is 0 Å². The highest BCUT2D eigenvalue weighted by molar-refractivity contribution is 7.92. The summed E-state index contributed by atoms with van der Waals surface area (Å²) in [4.78, 5) is 8.39. The third-order valence-corrected chi connectivity index (χ3v) is 4.31. The van der Waals surface area contributed by atoms with E-state index in [9.17, 15) is 8.42 Å². The van der Waals surface area contributed by atoms with E-state index in [4.69, 9.17) is 29.3 Å². The molecule has 21 heavy (non-hydrogen) atoms. The van der Waals surface area contributed by atoms with Crippen LogP contribution in [0.15, 0.2) is 41.3 Å². The molecule has 112 valence electrons. The van der Waals surface area contributed by atoms with Gasteiger partial charge in [0.2, 0.25) is 0 Å². The van der Waals surface area contributed by atoms with Crippen molar-refractivity contribution in [2.24, 2.45) is 0 Å². The minimum absolute atomic E-state index is 0.0904. The Kier molecular flexibility index (Phi) is 4.61. The van der Waals surface area contributed by atoms with Crippen LogP contribution in [0, 0.1) is 0 Å². The first-order valence-corrected chi connectivity index (χ1v) is 7.83. The van der Waals surface area contributed by atoms with Crippen molar-refractivity contribution in [1.82, 2.24) is 4.98 Å². The summed E-state index contributed by atoms with van der Waals surface area (Å²) in [7, 11) is -3.92. The van der Waals surface area contributed by atoms with Gasteiger partial charge < -0.3 is 5.73 Å². The molecular formula is C11H11Cl2N5O2S. The van der Waals surface area contributed by atoms with Crippen LogP contribution in [0.25, 0.3) is 0 Å². The Morgan fingerprint density at radius 1 is 1.05 bits per heavy atom. The highest BCUT2D eigenvalue weighted by Gasteiger charge is 2.21. The van der Waals surface area contributed by atoms with Crippen molar-refractivity contribution in [2.75, 3.05) is 20.1 Å². The number of rotatable bonds is 5. The zero-order valence-corrected chi connectivity index (χ0v) is 12.8. The topological polar surface area (TPSA) is 109 Å². The third-order valence-electron chi connectivity index (χ3n) is 2.52. The molecule has 0 aliphatic carbocycles. The average molecular weight is 348 g/mol. The van der Waals surface area contributed by atoms with Crippen LogP contribution in [-0.4, -0.2) is 13.4 Å². The van der Waals surface area contributed by atoms with Gasteiger partial charge in [0, 0.05) is 23.6 Å². The van der Waals surface area contributed by atoms with Crippen LogP contribution in [0.5, 0.6) is 0 Å². The number of sulfonamides is 1. The van der Waals surface area contributed by atoms with E-state index in [1.165, 1.54) is 18.2 Å². The standard InChI is InChI=1S/C11H11Cl2N5O2S/c12-16-7-3-1-4-8(11(7)17-13)21(19,20)18-10-6-2-5-9(14)15-10/h1-6,16-17H,(H3,14,15,18). The summed E-state index contributed by atoms with van der Waals surface area (Å²) in [6, 6.07) is 9.06. The molecule has 0 bridgehead atoms. The molecule has 0 spiro atoms. The molecule has 2 aromatic rings. The quantitative estimate of drug-likeness (QED) is 0.619. The molecule has 1 aromatic carbocycles. The largest absolute Gasteiger partial charge is 0.384 e. The fourth-order valence-corrected chi connectivity index (χ4v) is 3.24. The maximum Gasteiger partial charge on any atom is 0.265 e. The van der Waals surface area contributed by atoms with E-state index in [0.717, 1.165) is 0 Å². The lowest BCUT2D eigenvalue weighted by Gasteiger charge is -2.13. The lowest BCUT2D eigenvalue weighted by atomic mass is 10.3. The van der Waals surface area contributed by atoms with Crippen molar-refractivity contribution in [3.63, 3.8) is 0 Å². The van der Waals surface area contributed by atoms with Crippen LogP contribution in [0.3, 0.4) is 0 Å². The molecule has 0 unspecified atom stereocenters. The number of pyridine rings is 1. The van der Waals surface area contributed by atoms with E-state index in [2.05, 4.69) is 19.4 Å². The molecule has 7 nitrogen and oxygen atoms in total. The van der Waals surface area contributed by atoms with Crippen molar-refractivity contribution in [1.29, 1.82) is 0 Å². The van der Waals surface area contributed by atoms with E-state index in [0.29, 0.717) is 5.69 Å². The fourth-order valence-electron chi connectivity index (χ4n) is 1.63. The van der Waals surface area contributed by atoms with Gasteiger partial charge in [-0.3, -0.25) is 14.4 Å². The second-order valence-electron chi connectivity index (χ2n) is 3.92. The van der Waals surface area contributed by atoms with Crippen LogP contribution in [0.1, 0.15) is 0 Å². The zero-order chi connectivity index (χ0) is 15.5. The highest BCUT2D eigenvalue weighted by Crippen LogP contribution is 2.31. The minimum atomic E-state index is -3.92. The minimum Gasteiger partial charge on any atom is -0.384 e. The smallest absolute Gasteiger partial charge is 0.265 e. The van der Waals surface area contributed by atoms with E-state index >= 15 is 0 Å². The first kappa shape index (κ1) is 15.5. The van der Waals surface area contributed by atoms with E-state index < -0.39 is 10.0 Å². The zero-order valence-electron chi connectivity index (χ0n) is 10.5. The maximum absolute atomic E-state index is 12.4. The average Bonchev–Trinajstić information content (AvgIpc) is 2.45. The Bertz CT molecular complexity index is 754. The van der Waals surface area contributed by atoms with Crippen molar-refractivity contribution in [3.05, 3.63) is 36.4 Å². The van der Waals surface area contributed by atoms with Crippen LogP contribution in [-0.2, 0) is 10.0 Å². The van der Waals surface area contributed by atoms with Crippen molar-refractivity contribution in [2.45, 2.75) is 4.90 Å². The summed E-state index contributed by atoms with van der Waals surface area (Å²) in [5, 5.41) is 0. The van der Waals surface area contributed by atoms with Gasteiger partial charge in [0.25, 0.3) is 10.0 Å². The van der Waals surface area contributed by atoms with Crippen LogP contribution >= 0.6 is 23.6 Å². The Hall–Kier alpha value is -1.90. The number of anilines is 4. The molecule has 0 amide bonds. The van der Waals surface area contributed by atoms with E-state index in [1.807, 2.05) is 0 Å². The van der Waals surface area contributed by atoms with Crippen LogP contribution < -0.4 is 20.1 Å². The molecule has 0 atom stereocenters. The molecule has 1 aromatic heterocycles. The molecule has 0 saturated carbocycles. The number of para-hydroxylation sites is 1. The molecule has 0 fully saturated rings. The molecule has 0 saturated heterocycles. The number of benzene rings is 1. The maximum atomic E-state index is 12.4. The Balaban J connectivity index is 2.45. The summed E-state index contributed by atoms with van der Waals surface area (Å²) >= 11 is 11.1. The number of hydrogen-bond acceptors (Lipinski definition) is 6. The molecule has 1 heterocycles. The van der Waals surface area contributed by atoms with Gasteiger partial charge in [-0.1, -0.05) is 12.1 Å². The summed E-state index contributed by atoms with van der Waals surface area (Å²) in [6.07, 6.45) is 0. The van der Waals surface area contributed by atoms with Gasteiger partial charge >= 0.3 is 0 Å². The monoisotopic (exact) mass is 347 g/mol. The lowest BCUT2D eigenvalue weighted by molar-refractivity contribution is 0.601. The summed E-state index contributed by atoms with van der Waals surface area (Å²) in [5.41, 5.74) is 5.94. The van der Waals surface area contributed by atoms with Gasteiger partial charge in [-0.15, -0.1) is 0 Å².